The third-order valence-corrected chi connectivity index (χ3v) is 4.07. The van der Waals surface area contributed by atoms with Gasteiger partial charge in [0, 0.05) is 36.8 Å². The lowest BCUT2D eigenvalue weighted by molar-refractivity contribution is 0.0942. The van der Waals surface area contributed by atoms with Crippen LogP contribution in [0.1, 0.15) is 27.3 Å². The minimum absolute atomic E-state index is 0. The van der Waals surface area contributed by atoms with Crippen molar-refractivity contribution in [2.75, 3.05) is 19.6 Å². The highest BCUT2D eigenvalue weighted by atomic mass is 35.5. The molecule has 0 aliphatic carbocycles. The van der Waals surface area contributed by atoms with Crippen molar-refractivity contribution in [1.29, 1.82) is 0 Å². The van der Waals surface area contributed by atoms with E-state index >= 15 is 0 Å². The summed E-state index contributed by atoms with van der Waals surface area (Å²) in [6, 6.07) is 9.83. The molecule has 0 spiro atoms. The van der Waals surface area contributed by atoms with E-state index in [1.165, 1.54) is 0 Å². The maximum Gasteiger partial charge on any atom is 0.251 e. The quantitative estimate of drug-likeness (QED) is 0.878. The smallest absolute Gasteiger partial charge is 0.251 e. The standard InChI is InChI=1S/C17H22N4O.ClH/c1-12-7-13(2)21(20-12)11-14-3-5-16(6-4-14)17(22)19-10-15-8-18-9-15;/h3-7,15,18H,8-11H2,1-2H3,(H,19,22);1H. The fraction of sp³-hybridized carbons (Fsp3) is 0.412. The van der Waals surface area contributed by atoms with E-state index in [2.05, 4.69) is 28.7 Å². The van der Waals surface area contributed by atoms with Gasteiger partial charge in [-0.1, -0.05) is 12.1 Å². The number of nitrogens with zero attached hydrogens (tertiary/aromatic N) is 2. The van der Waals surface area contributed by atoms with Gasteiger partial charge in [0.2, 0.25) is 0 Å². The molecule has 3 rings (SSSR count). The molecule has 0 atom stereocenters. The Kier molecular flexibility index (Phi) is 5.80. The molecule has 124 valence electrons. The highest BCUT2D eigenvalue weighted by Crippen LogP contribution is 2.09. The van der Waals surface area contributed by atoms with Crippen LogP contribution in [0.3, 0.4) is 0 Å². The number of hydrogen-bond acceptors (Lipinski definition) is 3. The number of nitrogens with one attached hydrogen (secondary N) is 2. The molecule has 0 saturated carbocycles. The maximum absolute atomic E-state index is 12.1. The van der Waals surface area contributed by atoms with Crippen LogP contribution in [0.5, 0.6) is 0 Å². The molecule has 6 heteroatoms. The van der Waals surface area contributed by atoms with Crippen LogP contribution in [0.4, 0.5) is 0 Å². The first-order valence-electron chi connectivity index (χ1n) is 7.71. The topological polar surface area (TPSA) is 59.0 Å². The number of carbonyl (C=O) groups is 1. The van der Waals surface area contributed by atoms with E-state index in [1.807, 2.05) is 35.9 Å². The summed E-state index contributed by atoms with van der Waals surface area (Å²) in [4.78, 5) is 12.1. The molecular formula is C17H23ClN4O. The summed E-state index contributed by atoms with van der Waals surface area (Å²) >= 11 is 0. The fourth-order valence-corrected chi connectivity index (χ4v) is 2.60. The van der Waals surface area contributed by atoms with Gasteiger partial charge in [-0.25, -0.2) is 0 Å². The van der Waals surface area contributed by atoms with E-state index < -0.39 is 0 Å². The number of aryl methyl sites for hydroxylation is 2. The van der Waals surface area contributed by atoms with Crippen molar-refractivity contribution in [3.63, 3.8) is 0 Å². The first-order valence-corrected chi connectivity index (χ1v) is 7.71. The third kappa shape index (κ3) is 4.33. The molecule has 1 aliphatic heterocycles. The average molecular weight is 335 g/mol. The van der Waals surface area contributed by atoms with Crippen LogP contribution in [0.15, 0.2) is 30.3 Å². The molecule has 0 bridgehead atoms. The molecule has 1 fully saturated rings. The predicted molar refractivity (Wildman–Crippen MR) is 93.2 cm³/mol. The molecular weight excluding hydrogens is 312 g/mol. The van der Waals surface area contributed by atoms with E-state index in [0.29, 0.717) is 11.5 Å². The summed E-state index contributed by atoms with van der Waals surface area (Å²) in [5, 5.41) is 10.6. The Hall–Kier alpha value is -1.85. The molecule has 0 radical (unpaired) electrons. The summed E-state index contributed by atoms with van der Waals surface area (Å²) in [5.41, 5.74) is 4.03. The van der Waals surface area contributed by atoms with Crippen LogP contribution in [-0.2, 0) is 6.54 Å². The molecule has 2 heterocycles. The molecule has 0 unspecified atom stereocenters. The summed E-state index contributed by atoms with van der Waals surface area (Å²) in [6.07, 6.45) is 0. The molecule has 1 saturated heterocycles. The number of aromatic nitrogens is 2. The monoisotopic (exact) mass is 334 g/mol. The zero-order chi connectivity index (χ0) is 15.5. The molecule has 1 aromatic carbocycles. The normalized spacial score (nSPS) is 14.0. The Labute approximate surface area is 142 Å². The lowest BCUT2D eigenvalue weighted by Crippen LogP contribution is -2.48. The molecule has 1 amide bonds. The first kappa shape index (κ1) is 17.5. The van der Waals surface area contributed by atoms with Crippen LogP contribution < -0.4 is 10.6 Å². The van der Waals surface area contributed by atoms with Gasteiger partial charge in [-0.2, -0.15) is 5.10 Å². The van der Waals surface area contributed by atoms with Crippen LogP contribution in [0.2, 0.25) is 0 Å². The van der Waals surface area contributed by atoms with Crippen LogP contribution in [-0.4, -0.2) is 35.3 Å². The van der Waals surface area contributed by atoms with Gasteiger partial charge in [-0.3, -0.25) is 9.48 Å². The third-order valence-electron chi connectivity index (χ3n) is 4.07. The minimum atomic E-state index is 0. The van der Waals surface area contributed by atoms with Gasteiger partial charge in [0.05, 0.1) is 12.2 Å². The number of hydrogen-bond donors (Lipinski definition) is 2. The van der Waals surface area contributed by atoms with Gasteiger partial charge < -0.3 is 10.6 Å². The van der Waals surface area contributed by atoms with Gasteiger partial charge in [0.1, 0.15) is 0 Å². The second kappa shape index (κ2) is 7.62. The zero-order valence-corrected chi connectivity index (χ0v) is 14.3. The minimum Gasteiger partial charge on any atom is -0.352 e. The van der Waals surface area contributed by atoms with Crippen molar-refractivity contribution in [3.8, 4) is 0 Å². The zero-order valence-electron chi connectivity index (χ0n) is 13.5. The van der Waals surface area contributed by atoms with E-state index in [9.17, 15) is 4.79 Å². The number of amides is 1. The Morgan fingerprint density at radius 2 is 2.00 bits per heavy atom. The number of carbonyl (C=O) groups excluding carboxylic acids is 1. The highest BCUT2D eigenvalue weighted by molar-refractivity contribution is 5.94. The molecule has 2 aromatic rings. The van der Waals surface area contributed by atoms with Crippen molar-refractivity contribution >= 4 is 18.3 Å². The summed E-state index contributed by atoms with van der Waals surface area (Å²) in [7, 11) is 0. The first-order chi connectivity index (χ1) is 10.6. The Morgan fingerprint density at radius 1 is 1.30 bits per heavy atom. The van der Waals surface area contributed by atoms with Gasteiger partial charge in [-0.05, 0) is 37.6 Å². The van der Waals surface area contributed by atoms with Crippen LogP contribution >= 0.6 is 12.4 Å². The average Bonchev–Trinajstić information content (AvgIpc) is 2.76. The van der Waals surface area contributed by atoms with Gasteiger partial charge in [-0.15, -0.1) is 12.4 Å². The molecule has 23 heavy (non-hydrogen) atoms. The van der Waals surface area contributed by atoms with E-state index in [-0.39, 0.29) is 18.3 Å². The van der Waals surface area contributed by atoms with Crippen molar-refractivity contribution in [1.82, 2.24) is 20.4 Å². The highest BCUT2D eigenvalue weighted by Gasteiger charge is 2.17. The van der Waals surface area contributed by atoms with E-state index in [1.54, 1.807) is 0 Å². The molecule has 1 aliphatic rings. The lowest BCUT2D eigenvalue weighted by Gasteiger charge is -2.27. The number of rotatable bonds is 5. The molecule has 2 N–H and O–H groups in total. The van der Waals surface area contributed by atoms with Crippen molar-refractivity contribution in [2.45, 2.75) is 20.4 Å². The number of halogens is 1. The van der Waals surface area contributed by atoms with Crippen molar-refractivity contribution < 1.29 is 4.79 Å². The predicted octanol–water partition coefficient (Wildman–Crippen LogP) is 1.92. The maximum atomic E-state index is 12.1. The summed E-state index contributed by atoms with van der Waals surface area (Å²) in [5.74, 6) is 0.582. The Morgan fingerprint density at radius 3 is 2.52 bits per heavy atom. The van der Waals surface area contributed by atoms with Crippen molar-refractivity contribution in [3.05, 3.63) is 52.8 Å². The number of benzene rings is 1. The van der Waals surface area contributed by atoms with Gasteiger partial charge >= 0.3 is 0 Å². The summed E-state index contributed by atoms with van der Waals surface area (Å²) in [6.45, 7) is 7.53. The van der Waals surface area contributed by atoms with Crippen LogP contribution in [0.25, 0.3) is 0 Å². The SMILES string of the molecule is Cc1cc(C)n(Cc2ccc(C(=O)NCC3CNC3)cc2)n1.Cl. The molecule has 1 aromatic heterocycles. The Bertz CT molecular complexity index is 662. The fourth-order valence-electron chi connectivity index (χ4n) is 2.60. The lowest BCUT2D eigenvalue weighted by atomic mass is 10.0. The second-order valence-electron chi connectivity index (χ2n) is 6.02. The van der Waals surface area contributed by atoms with Crippen LogP contribution in [0, 0.1) is 19.8 Å². The van der Waals surface area contributed by atoms with E-state index in [4.69, 9.17) is 0 Å². The van der Waals surface area contributed by atoms with Gasteiger partial charge in [0.15, 0.2) is 0 Å². The largest absolute Gasteiger partial charge is 0.352 e. The Balaban J connectivity index is 0.00000192. The van der Waals surface area contributed by atoms with E-state index in [0.717, 1.165) is 43.1 Å². The molecule has 5 nitrogen and oxygen atoms in total. The van der Waals surface area contributed by atoms with Gasteiger partial charge in [0.25, 0.3) is 5.91 Å². The van der Waals surface area contributed by atoms with Crippen molar-refractivity contribution in [2.24, 2.45) is 5.92 Å². The second-order valence-corrected chi connectivity index (χ2v) is 6.02. The summed E-state index contributed by atoms with van der Waals surface area (Å²) < 4.78 is 1.98.